The second-order valence-corrected chi connectivity index (χ2v) is 16.5. The minimum Gasteiger partial charge on any atom is -0.408 e. The van der Waals surface area contributed by atoms with Gasteiger partial charge in [-0.2, -0.15) is 0 Å². The lowest BCUT2D eigenvalue weighted by atomic mass is 9.85. The predicted molar refractivity (Wildman–Crippen MR) is 186 cm³/mol. The van der Waals surface area contributed by atoms with Crippen LogP contribution in [0.5, 0.6) is 0 Å². The van der Waals surface area contributed by atoms with Crippen molar-refractivity contribution in [3.8, 4) is 0 Å². The summed E-state index contributed by atoms with van der Waals surface area (Å²) >= 11 is 0. The third-order valence-corrected chi connectivity index (χ3v) is 14.6. The fraction of sp³-hybridized carbons (Fsp3) is 0.385. The summed E-state index contributed by atoms with van der Waals surface area (Å²) < 4.78 is 13.7. The molecule has 0 saturated heterocycles. The molecule has 44 heavy (non-hydrogen) atoms. The summed E-state index contributed by atoms with van der Waals surface area (Å²) in [6.07, 6.45) is 13.2. The standard InChI is InChI=1S/C39H41NO2P2/c1-27(32-21-12-22-37(32)43(30-15-4-2-5-16-30)31-17-6-3-7-18-31)40-44-41-35-25-23-28-13-8-10-19-33(28)38(35)39-34-20-11-9-14-29(34)24-26-36(39)42-44/h2-7,15-18,23,25,27,32,37,40H,8-14,19-22H2,1H3/t27-,32+,37?,44?/m1/s1. The summed E-state index contributed by atoms with van der Waals surface area (Å²) in [5.74, 6) is 0.543. The van der Waals surface area contributed by atoms with Crippen LogP contribution in [0.25, 0.3) is 21.9 Å². The second kappa shape index (κ2) is 12.4. The third-order valence-electron chi connectivity index (χ3n) is 10.3. The molecule has 224 valence electrons. The van der Waals surface area contributed by atoms with Crippen LogP contribution < -0.4 is 15.7 Å². The summed E-state index contributed by atoms with van der Waals surface area (Å²) in [6, 6.07) is 34.3. The van der Waals surface area contributed by atoms with Gasteiger partial charge < -0.3 is 8.39 Å². The molecule has 3 nitrogen and oxygen atoms in total. The smallest absolute Gasteiger partial charge is 0.307 e. The Balaban J connectivity index is 1.21. The Bertz CT molecular complexity index is 1700. The molecule has 5 aromatic rings. The van der Waals surface area contributed by atoms with E-state index < -0.39 is 16.1 Å². The summed E-state index contributed by atoms with van der Waals surface area (Å²) in [6.45, 7) is 2.36. The Morgan fingerprint density at radius 3 is 2.20 bits per heavy atom. The van der Waals surface area contributed by atoms with Crippen LogP contribution in [0.2, 0.25) is 0 Å². The van der Waals surface area contributed by atoms with Crippen LogP contribution in [0.3, 0.4) is 0 Å². The maximum absolute atomic E-state index is 6.89. The van der Waals surface area contributed by atoms with Crippen LogP contribution in [-0.2, 0) is 25.7 Å². The van der Waals surface area contributed by atoms with Gasteiger partial charge in [0.1, 0.15) is 5.58 Å². The quantitative estimate of drug-likeness (QED) is 0.193. The molecular weight excluding hydrogens is 576 g/mol. The molecule has 5 heteroatoms. The number of benzene rings is 3. The molecule has 3 aliphatic rings. The van der Waals surface area contributed by atoms with Crippen LogP contribution in [0.4, 0.5) is 0 Å². The van der Waals surface area contributed by atoms with Gasteiger partial charge in [-0.05, 0) is 130 Å². The van der Waals surface area contributed by atoms with E-state index in [-0.39, 0.29) is 6.04 Å². The van der Waals surface area contributed by atoms with Crippen LogP contribution in [0.1, 0.15) is 74.1 Å². The van der Waals surface area contributed by atoms with Gasteiger partial charge in [-0.15, -0.1) is 0 Å². The lowest BCUT2D eigenvalue weighted by molar-refractivity contribution is 0.489. The number of rotatable bonds is 6. The van der Waals surface area contributed by atoms with Gasteiger partial charge in [0.2, 0.25) is 0 Å². The van der Waals surface area contributed by atoms with Gasteiger partial charge in [-0.3, -0.25) is 0 Å². The zero-order chi connectivity index (χ0) is 29.5. The van der Waals surface area contributed by atoms with Gasteiger partial charge >= 0.3 is 8.16 Å². The van der Waals surface area contributed by atoms with Gasteiger partial charge in [0, 0.05) is 22.4 Å². The SMILES string of the molecule is C[C@@H](Np1oc2c#cc3c(c2c2c4c(ccc2o1)CCCC4)CCCC3)[C@@H]1CCCC1P(c1ccccc1)c1ccccc1. The molecule has 4 aromatic carbocycles. The molecule has 8 rings (SSSR count). The van der Waals surface area contributed by atoms with Crippen molar-refractivity contribution in [2.45, 2.75) is 89.3 Å². The average molecular weight is 618 g/mol. The maximum Gasteiger partial charge on any atom is 0.307 e. The second-order valence-electron chi connectivity index (χ2n) is 13.0. The number of hydrogen-bond donors (Lipinski definition) is 1. The molecule has 1 aromatic heterocycles. The van der Waals surface area contributed by atoms with Gasteiger partial charge in [0.25, 0.3) is 0 Å². The first kappa shape index (κ1) is 28.5. The van der Waals surface area contributed by atoms with Crippen molar-refractivity contribution in [2.24, 2.45) is 5.92 Å². The molecule has 2 unspecified atom stereocenters. The van der Waals surface area contributed by atoms with Gasteiger partial charge in [0.15, 0.2) is 5.58 Å². The molecular formula is C39H41NO2P2. The number of fused-ring (bicyclic) bond motifs is 7. The zero-order valence-corrected chi connectivity index (χ0v) is 27.4. The molecule has 0 bridgehead atoms. The number of aryl methyl sites for hydroxylation is 3. The summed E-state index contributed by atoms with van der Waals surface area (Å²) in [5.41, 5.74) is 8.15. The van der Waals surface area contributed by atoms with Crippen molar-refractivity contribution in [2.75, 3.05) is 5.09 Å². The van der Waals surface area contributed by atoms with Crippen molar-refractivity contribution in [3.05, 3.63) is 107 Å². The Morgan fingerprint density at radius 1 is 0.727 bits per heavy atom. The highest BCUT2D eigenvalue weighted by Crippen LogP contribution is 2.52. The maximum atomic E-state index is 6.89. The largest absolute Gasteiger partial charge is 0.408 e. The Labute approximate surface area is 263 Å². The predicted octanol–water partition coefficient (Wildman–Crippen LogP) is 9.88. The van der Waals surface area contributed by atoms with Gasteiger partial charge in [0.05, 0.1) is 0 Å². The fourth-order valence-corrected chi connectivity index (χ4v) is 12.8. The molecule has 0 amide bonds. The van der Waals surface area contributed by atoms with E-state index in [1.807, 2.05) is 0 Å². The van der Waals surface area contributed by atoms with Gasteiger partial charge in [-0.1, -0.05) is 79.2 Å². The molecule has 1 fully saturated rings. The average Bonchev–Trinajstić information content (AvgIpc) is 3.49. The van der Waals surface area contributed by atoms with Crippen molar-refractivity contribution in [1.82, 2.24) is 0 Å². The first-order valence-electron chi connectivity index (χ1n) is 16.7. The van der Waals surface area contributed by atoms with Crippen molar-refractivity contribution < 1.29 is 8.39 Å². The molecule has 1 saturated carbocycles. The zero-order valence-electron chi connectivity index (χ0n) is 25.6. The summed E-state index contributed by atoms with van der Waals surface area (Å²) in [4.78, 5) is 0. The molecule has 4 atom stereocenters. The Hall–Kier alpha value is -3.01. The molecule has 1 heterocycles. The van der Waals surface area contributed by atoms with Crippen LogP contribution in [0, 0.1) is 18.1 Å². The Morgan fingerprint density at radius 2 is 1.43 bits per heavy atom. The van der Waals surface area contributed by atoms with E-state index >= 15 is 0 Å². The highest BCUT2D eigenvalue weighted by Gasteiger charge is 2.38. The van der Waals surface area contributed by atoms with E-state index in [1.165, 1.54) is 88.6 Å². The van der Waals surface area contributed by atoms with E-state index in [1.54, 1.807) is 0 Å². The highest BCUT2D eigenvalue weighted by atomic mass is 31.1. The lowest BCUT2D eigenvalue weighted by Crippen LogP contribution is -2.33. The number of hydrogen-bond acceptors (Lipinski definition) is 3. The molecule has 1 N–H and O–H groups in total. The van der Waals surface area contributed by atoms with Crippen LogP contribution in [-0.4, -0.2) is 11.7 Å². The van der Waals surface area contributed by atoms with E-state index in [0.717, 1.165) is 36.8 Å². The first-order chi connectivity index (χ1) is 21.7. The summed E-state index contributed by atoms with van der Waals surface area (Å²) in [5, 5.41) is 9.43. The van der Waals surface area contributed by atoms with E-state index in [4.69, 9.17) is 8.39 Å². The molecule has 0 radical (unpaired) electrons. The normalized spacial score (nSPS) is 20.3. The first-order valence-corrected chi connectivity index (χ1v) is 19.3. The molecule has 0 spiro atoms. The Kier molecular flexibility index (Phi) is 8.03. The van der Waals surface area contributed by atoms with Crippen molar-refractivity contribution in [3.63, 3.8) is 0 Å². The van der Waals surface area contributed by atoms with E-state index in [9.17, 15) is 0 Å². The molecule has 0 aliphatic heterocycles. The minimum atomic E-state index is -1.39. The lowest BCUT2D eigenvalue weighted by Gasteiger charge is -2.33. The minimum absolute atomic E-state index is 0.260. The summed E-state index contributed by atoms with van der Waals surface area (Å²) in [7, 11) is -1.87. The van der Waals surface area contributed by atoms with E-state index in [0.29, 0.717) is 11.6 Å². The fourth-order valence-electron chi connectivity index (χ4n) is 8.23. The molecule has 3 aliphatic carbocycles. The van der Waals surface area contributed by atoms with Crippen molar-refractivity contribution in [1.29, 1.82) is 0 Å². The number of nitrogens with one attached hydrogen (secondary N) is 1. The van der Waals surface area contributed by atoms with Crippen molar-refractivity contribution >= 4 is 48.6 Å². The van der Waals surface area contributed by atoms with Crippen LogP contribution in [0.15, 0.2) is 81.2 Å². The van der Waals surface area contributed by atoms with Crippen LogP contribution >= 0.6 is 16.1 Å². The topological polar surface area (TPSA) is 38.3 Å². The monoisotopic (exact) mass is 617 g/mol. The van der Waals surface area contributed by atoms with E-state index in [2.05, 4.69) is 96.9 Å². The third kappa shape index (κ3) is 5.31. The highest BCUT2D eigenvalue weighted by molar-refractivity contribution is 7.73. The van der Waals surface area contributed by atoms with Gasteiger partial charge in [-0.25, -0.2) is 5.09 Å².